The van der Waals surface area contributed by atoms with Crippen molar-refractivity contribution in [3.8, 4) is 0 Å². The van der Waals surface area contributed by atoms with Gasteiger partial charge in [-0.15, -0.1) is 0 Å². The Morgan fingerprint density at radius 1 is 1.44 bits per heavy atom. The second kappa shape index (κ2) is 8.27. The first-order valence-electron chi connectivity index (χ1n) is 6.30. The third-order valence-corrected chi connectivity index (χ3v) is 3.16. The molecule has 1 amide bonds. The van der Waals surface area contributed by atoms with Gasteiger partial charge < -0.3 is 10.6 Å². The smallest absolute Gasteiger partial charge is 0.220 e. The lowest BCUT2D eigenvalue weighted by molar-refractivity contribution is -0.121. The van der Waals surface area contributed by atoms with Crippen molar-refractivity contribution < 1.29 is 4.79 Å². The van der Waals surface area contributed by atoms with Crippen LogP contribution in [0.4, 0.5) is 0 Å². The maximum atomic E-state index is 11.6. The summed E-state index contributed by atoms with van der Waals surface area (Å²) >= 11 is 3.45. The summed E-state index contributed by atoms with van der Waals surface area (Å²) in [7, 11) is 1.90. The quantitative estimate of drug-likeness (QED) is 0.760. The summed E-state index contributed by atoms with van der Waals surface area (Å²) in [5.74, 6) is 0.132. The normalized spacial score (nSPS) is 12.2. The van der Waals surface area contributed by atoms with Crippen LogP contribution in [0.1, 0.15) is 25.3 Å². The van der Waals surface area contributed by atoms with Gasteiger partial charge in [0, 0.05) is 16.9 Å². The van der Waals surface area contributed by atoms with E-state index in [4.69, 9.17) is 0 Å². The zero-order chi connectivity index (χ0) is 13.4. The van der Waals surface area contributed by atoms with Crippen LogP contribution in [0.2, 0.25) is 0 Å². The average molecular weight is 313 g/mol. The number of carbonyl (C=O) groups is 1. The molecule has 4 heteroatoms. The molecule has 0 aliphatic heterocycles. The number of carbonyl (C=O) groups excluding carboxylic acids is 1. The van der Waals surface area contributed by atoms with Crippen molar-refractivity contribution >= 4 is 21.8 Å². The lowest BCUT2D eigenvalue weighted by Gasteiger charge is -2.14. The van der Waals surface area contributed by atoms with Crippen molar-refractivity contribution in [2.45, 2.75) is 32.2 Å². The van der Waals surface area contributed by atoms with E-state index in [0.717, 1.165) is 23.9 Å². The fourth-order valence-corrected chi connectivity index (χ4v) is 2.29. The molecule has 0 bridgehead atoms. The maximum Gasteiger partial charge on any atom is 0.220 e. The third-order valence-electron chi connectivity index (χ3n) is 2.67. The van der Waals surface area contributed by atoms with E-state index in [9.17, 15) is 4.79 Å². The Bertz CT molecular complexity index is 382. The van der Waals surface area contributed by atoms with E-state index in [-0.39, 0.29) is 11.9 Å². The van der Waals surface area contributed by atoms with Crippen LogP contribution in [0.25, 0.3) is 0 Å². The third kappa shape index (κ3) is 6.17. The maximum absolute atomic E-state index is 11.6. The van der Waals surface area contributed by atoms with Gasteiger partial charge in [-0.1, -0.05) is 28.1 Å². The Kier molecular flexibility index (Phi) is 6.98. The largest absolute Gasteiger partial charge is 0.353 e. The predicted molar refractivity (Wildman–Crippen MR) is 78.6 cm³/mol. The summed E-state index contributed by atoms with van der Waals surface area (Å²) in [5, 5.41) is 6.06. The summed E-state index contributed by atoms with van der Waals surface area (Å²) < 4.78 is 1.08. The Hall–Kier alpha value is -0.870. The fourth-order valence-electron chi connectivity index (χ4n) is 1.84. The summed E-state index contributed by atoms with van der Waals surface area (Å²) in [4.78, 5) is 11.6. The van der Waals surface area contributed by atoms with Crippen LogP contribution in [-0.2, 0) is 11.2 Å². The number of nitrogens with one attached hydrogen (secondary N) is 2. The van der Waals surface area contributed by atoms with E-state index in [2.05, 4.69) is 38.7 Å². The highest BCUT2D eigenvalue weighted by molar-refractivity contribution is 9.10. The van der Waals surface area contributed by atoms with Gasteiger partial charge >= 0.3 is 0 Å². The van der Waals surface area contributed by atoms with Crippen LogP contribution < -0.4 is 10.6 Å². The predicted octanol–water partition coefficient (Wildman–Crippen LogP) is 2.50. The van der Waals surface area contributed by atoms with Crippen LogP contribution in [0, 0.1) is 0 Å². The standard InChI is InChI=1S/C14H21BrN2O/c1-11(17-14(18)7-4-8-16-2)9-12-5-3-6-13(15)10-12/h3,5-6,10-11,16H,4,7-9H2,1-2H3,(H,17,18). The number of rotatable bonds is 7. The molecular formula is C14H21BrN2O. The lowest BCUT2D eigenvalue weighted by Crippen LogP contribution is -2.34. The van der Waals surface area contributed by atoms with Crippen LogP contribution in [0.3, 0.4) is 0 Å². The van der Waals surface area contributed by atoms with E-state index in [1.165, 1.54) is 5.56 Å². The molecule has 100 valence electrons. The molecule has 0 heterocycles. The molecule has 0 radical (unpaired) electrons. The monoisotopic (exact) mass is 312 g/mol. The Morgan fingerprint density at radius 2 is 2.22 bits per heavy atom. The number of hydrogen-bond donors (Lipinski definition) is 2. The van der Waals surface area contributed by atoms with Crippen LogP contribution in [0.5, 0.6) is 0 Å². The van der Waals surface area contributed by atoms with Crippen molar-refractivity contribution in [1.29, 1.82) is 0 Å². The Morgan fingerprint density at radius 3 is 2.89 bits per heavy atom. The van der Waals surface area contributed by atoms with Crippen LogP contribution in [0.15, 0.2) is 28.7 Å². The number of halogens is 1. The first-order valence-corrected chi connectivity index (χ1v) is 7.09. The minimum atomic E-state index is 0.132. The molecule has 3 nitrogen and oxygen atoms in total. The topological polar surface area (TPSA) is 41.1 Å². The number of benzene rings is 1. The van der Waals surface area contributed by atoms with Gasteiger partial charge in [0.2, 0.25) is 5.91 Å². The molecule has 0 spiro atoms. The van der Waals surface area contributed by atoms with Gasteiger partial charge in [-0.05, 0) is 51.1 Å². The van der Waals surface area contributed by atoms with Gasteiger partial charge in [-0.2, -0.15) is 0 Å². The van der Waals surface area contributed by atoms with Gasteiger partial charge in [-0.3, -0.25) is 4.79 Å². The molecular weight excluding hydrogens is 292 g/mol. The summed E-state index contributed by atoms with van der Waals surface area (Å²) in [6, 6.07) is 8.35. The Balaban J connectivity index is 2.32. The second-order valence-electron chi connectivity index (χ2n) is 4.51. The lowest BCUT2D eigenvalue weighted by atomic mass is 10.1. The molecule has 2 N–H and O–H groups in total. The molecule has 0 fully saturated rings. The van der Waals surface area contributed by atoms with Crippen molar-refractivity contribution in [1.82, 2.24) is 10.6 Å². The van der Waals surface area contributed by atoms with Gasteiger partial charge in [0.05, 0.1) is 0 Å². The Labute approximate surface area is 117 Å². The SMILES string of the molecule is CNCCCC(=O)NC(C)Cc1cccc(Br)c1. The van der Waals surface area contributed by atoms with E-state index in [1.54, 1.807) is 0 Å². The molecule has 1 atom stereocenters. The van der Waals surface area contributed by atoms with Crippen molar-refractivity contribution in [2.24, 2.45) is 0 Å². The molecule has 0 aliphatic rings. The van der Waals surface area contributed by atoms with Gasteiger partial charge in [0.15, 0.2) is 0 Å². The van der Waals surface area contributed by atoms with E-state index in [1.807, 2.05) is 26.1 Å². The summed E-state index contributed by atoms with van der Waals surface area (Å²) in [6.07, 6.45) is 2.33. The van der Waals surface area contributed by atoms with Crippen LogP contribution in [-0.4, -0.2) is 25.5 Å². The fraction of sp³-hybridized carbons (Fsp3) is 0.500. The highest BCUT2D eigenvalue weighted by Crippen LogP contribution is 2.13. The van der Waals surface area contributed by atoms with E-state index < -0.39 is 0 Å². The van der Waals surface area contributed by atoms with Gasteiger partial charge in [0.1, 0.15) is 0 Å². The molecule has 0 aliphatic carbocycles. The molecule has 1 rings (SSSR count). The second-order valence-corrected chi connectivity index (χ2v) is 5.43. The van der Waals surface area contributed by atoms with Crippen molar-refractivity contribution in [2.75, 3.05) is 13.6 Å². The molecule has 0 aromatic heterocycles. The van der Waals surface area contributed by atoms with Crippen molar-refractivity contribution in [3.05, 3.63) is 34.3 Å². The summed E-state index contributed by atoms with van der Waals surface area (Å²) in [6.45, 7) is 2.92. The highest BCUT2D eigenvalue weighted by Gasteiger charge is 2.07. The highest BCUT2D eigenvalue weighted by atomic mass is 79.9. The van der Waals surface area contributed by atoms with Gasteiger partial charge in [0.25, 0.3) is 0 Å². The van der Waals surface area contributed by atoms with E-state index >= 15 is 0 Å². The molecule has 1 unspecified atom stereocenters. The minimum Gasteiger partial charge on any atom is -0.353 e. The van der Waals surface area contributed by atoms with Gasteiger partial charge in [-0.25, -0.2) is 0 Å². The van der Waals surface area contributed by atoms with E-state index in [0.29, 0.717) is 6.42 Å². The molecule has 0 saturated carbocycles. The minimum absolute atomic E-state index is 0.132. The molecule has 1 aromatic carbocycles. The van der Waals surface area contributed by atoms with Crippen molar-refractivity contribution in [3.63, 3.8) is 0 Å². The molecule has 1 aromatic rings. The first kappa shape index (κ1) is 15.2. The first-order chi connectivity index (χ1) is 8.61. The average Bonchev–Trinajstić information content (AvgIpc) is 2.29. The summed E-state index contributed by atoms with van der Waals surface area (Å²) in [5.41, 5.74) is 1.23. The van der Waals surface area contributed by atoms with Crippen LogP contribution >= 0.6 is 15.9 Å². The molecule has 0 saturated heterocycles. The number of hydrogen-bond acceptors (Lipinski definition) is 2. The molecule has 18 heavy (non-hydrogen) atoms. The zero-order valence-electron chi connectivity index (χ0n) is 11.0. The zero-order valence-corrected chi connectivity index (χ0v) is 12.6. The number of amides is 1.